The Morgan fingerprint density at radius 1 is 1.00 bits per heavy atom. The van der Waals surface area contributed by atoms with E-state index in [4.69, 9.17) is 5.73 Å². The minimum Gasteiger partial charge on any atom is -0.341 e. The van der Waals surface area contributed by atoms with E-state index >= 15 is 0 Å². The van der Waals surface area contributed by atoms with E-state index in [0.717, 1.165) is 12.0 Å². The molecule has 8 nitrogen and oxygen atoms in total. The molecule has 39 heavy (non-hydrogen) atoms. The molecule has 0 unspecified atom stereocenters. The van der Waals surface area contributed by atoms with Crippen LogP contribution in [0.1, 0.15) is 49.5 Å². The van der Waals surface area contributed by atoms with Gasteiger partial charge in [0, 0.05) is 41.2 Å². The van der Waals surface area contributed by atoms with E-state index < -0.39 is 16.1 Å². The number of carbonyl (C=O) groups is 2. The van der Waals surface area contributed by atoms with Crippen molar-refractivity contribution in [1.29, 1.82) is 0 Å². The van der Waals surface area contributed by atoms with Crippen molar-refractivity contribution in [3.05, 3.63) is 71.8 Å². The minimum absolute atomic E-state index is 0.0323. The van der Waals surface area contributed by atoms with Crippen LogP contribution in [0, 0.1) is 18.8 Å². The highest BCUT2D eigenvalue weighted by atomic mass is 32.2. The molecule has 0 radical (unpaired) electrons. The number of rotatable bonds is 8. The molecule has 9 heteroatoms. The maximum atomic E-state index is 13.8. The topological polar surface area (TPSA) is 122 Å². The zero-order valence-corrected chi connectivity index (χ0v) is 23.8. The molecule has 0 aliphatic carbocycles. The summed E-state index contributed by atoms with van der Waals surface area (Å²) in [6.45, 7) is 8.65. The summed E-state index contributed by atoms with van der Waals surface area (Å²) in [4.78, 5) is 27.4. The van der Waals surface area contributed by atoms with E-state index in [-0.39, 0.29) is 28.7 Å². The van der Waals surface area contributed by atoms with Gasteiger partial charge in [-0.15, -0.1) is 0 Å². The predicted molar refractivity (Wildman–Crippen MR) is 155 cm³/mol. The highest BCUT2D eigenvalue weighted by Crippen LogP contribution is 2.32. The summed E-state index contributed by atoms with van der Waals surface area (Å²) in [5.41, 5.74) is 7.79. The number of fused-ring (bicyclic) bond motifs is 1. The summed E-state index contributed by atoms with van der Waals surface area (Å²) in [5.74, 6) is -0.0597. The predicted octanol–water partition coefficient (Wildman–Crippen LogP) is 4.29. The van der Waals surface area contributed by atoms with Crippen LogP contribution < -0.4 is 15.8 Å². The normalized spacial score (nSPS) is 18.8. The summed E-state index contributed by atoms with van der Waals surface area (Å²) in [7, 11) is -3.90. The van der Waals surface area contributed by atoms with E-state index in [9.17, 15) is 18.0 Å². The third-order valence-electron chi connectivity index (χ3n) is 7.33. The van der Waals surface area contributed by atoms with Crippen molar-refractivity contribution in [3.8, 4) is 0 Å². The van der Waals surface area contributed by atoms with Crippen LogP contribution in [-0.2, 0) is 14.8 Å². The molecule has 0 saturated carbocycles. The number of nitrogens with zero attached hydrogens (tertiary/aromatic N) is 1. The molecular formula is C30H38N4O4S. The van der Waals surface area contributed by atoms with Gasteiger partial charge < -0.3 is 16.0 Å². The maximum absolute atomic E-state index is 13.8. The van der Waals surface area contributed by atoms with Crippen molar-refractivity contribution in [2.45, 2.75) is 57.5 Å². The minimum atomic E-state index is -3.90. The lowest BCUT2D eigenvalue weighted by molar-refractivity contribution is -0.134. The Morgan fingerprint density at radius 3 is 2.33 bits per heavy atom. The van der Waals surface area contributed by atoms with E-state index in [1.165, 1.54) is 0 Å². The number of hydrogen-bond acceptors (Lipinski definition) is 5. The van der Waals surface area contributed by atoms with E-state index in [1.807, 2.05) is 37.3 Å². The number of likely N-dealkylation sites (tertiary alicyclic amines) is 1. The van der Waals surface area contributed by atoms with Gasteiger partial charge in [0.25, 0.3) is 5.91 Å². The zero-order valence-electron chi connectivity index (χ0n) is 23.0. The number of piperidine rings is 1. The summed E-state index contributed by atoms with van der Waals surface area (Å²) >= 11 is 0. The third-order valence-corrected chi connectivity index (χ3v) is 8.88. The van der Waals surface area contributed by atoms with Gasteiger partial charge in [-0.2, -0.15) is 0 Å². The molecule has 0 bridgehead atoms. The number of nitrogens with two attached hydrogens (primary N) is 1. The molecule has 3 aromatic carbocycles. The number of amides is 2. The van der Waals surface area contributed by atoms with Crippen LogP contribution in [0.15, 0.2) is 65.6 Å². The van der Waals surface area contributed by atoms with Gasteiger partial charge in [-0.3, -0.25) is 9.59 Å². The number of sulfonamides is 1. The second kappa shape index (κ2) is 11.9. The number of benzene rings is 3. The van der Waals surface area contributed by atoms with Gasteiger partial charge >= 0.3 is 0 Å². The highest BCUT2D eigenvalue weighted by molar-refractivity contribution is 7.89. The Bertz CT molecular complexity index is 1470. The largest absolute Gasteiger partial charge is 0.341 e. The number of anilines is 1. The lowest BCUT2D eigenvalue weighted by atomic mass is 9.86. The van der Waals surface area contributed by atoms with Gasteiger partial charge in [0.05, 0.1) is 10.9 Å². The molecule has 1 saturated heterocycles. The molecule has 1 aliphatic rings. The number of carbonyl (C=O) groups excluding carboxylic acids is 2. The molecule has 0 spiro atoms. The quantitative estimate of drug-likeness (QED) is 0.386. The van der Waals surface area contributed by atoms with Crippen molar-refractivity contribution in [2.24, 2.45) is 17.6 Å². The SMILES string of the molecule is Cc1ccccc1C(=O)Nc1ccc(S(=O)(=O)N[C@H]2CCN(C(=O)[C@H](C)N)C[C@@H]2CC(C)C)c2ccccc12. The van der Waals surface area contributed by atoms with E-state index in [1.54, 1.807) is 42.2 Å². The molecule has 0 aromatic heterocycles. The van der Waals surface area contributed by atoms with Crippen molar-refractivity contribution >= 4 is 38.3 Å². The fraction of sp³-hybridized carbons (Fsp3) is 0.400. The van der Waals surface area contributed by atoms with Crippen LogP contribution >= 0.6 is 0 Å². The van der Waals surface area contributed by atoms with E-state index in [2.05, 4.69) is 23.9 Å². The number of aryl methyl sites for hydroxylation is 1. The molecule has 1 aliphatic heterocycles. The monoisotopic (exact) mass is 550 g/mol. The Balaban J connectivity index is 1.62. The molecule has 1 fully saturated rings. The third kappa shape index (κ3) is 6.49. The molecule has 3 aromatic rings. The Labute approximate surface area is 231 Å². The second-order valence-corrected chi connectivity index (χ2v) is 12.6. The fourth-order valence-corrected chi connectivity index (χ4v) is 6.97. The summed E-state index contributed by atoms with van der Waals surface area (Å²) in [6.07, 6.45) is 1.29. The van der Waals surface area contributed by atoms with Crippen LogP contribution in [-0.4, -0.2) is 50.3 Å². The molecule has 1 heterocycles. The van der Waals surface area contributed by atoms with E-state index in [0.29, 0.717) is 47.5 Å². The molecule has 2 amide bonds. The van der Waals surface area contributed by atoms with Crippen molar-refractivity contribution < 1.29 is 18.0 Å². The maximum Gasteiger partial charge on any atom is 0.255 e. The van der Waals surface area contributed by atoms with Crippen molar-refractivity contribution in [2.75, 3.05) is 18.4 Å². The first-order chi connectivity index (χ1) is 18.5. The average molecular weight is 551 g/mol. The Hall–Kier alpha value is -3.27. The second-order valence-electron chi connectivity index (χ2n) is 10.9. The summed E-state index contributed by atoms with van der Waals surface area (Å²) in [5, 5.41) is 4.12. The fourth-order valence-electron chi connectivity index (χ4n) is 5.41. The Kier molecular flexibility index (Phi) is 8.73. The summed E-state index contributed by atoms with van der Waals surface area (Å²) in [6, 6.07) is 16.8. The van der Waals surface area contributed by atoms with Gasteiger partial charge in [0.15, 0.2) is 0 Å². The molecule has 4 rings (SSSR count). The molecule has 4 N–H and O–H groups in total. The van der Waals surface area contributed by atoms with Crippen LogP contribution in [0.4, 0.5) is 5.69 Å². The van der Waals surface area contributed by atoms with Crippen LogP contribution in [0.2, 0.25) is 0 Å². The van der Waals surface area contributed by atoms with Gasteiger partial charge in [-0.1, -0.05) is 56.3 Å². The van der Waals surface area contributed by atoms with Crippen LogP contribution in [0.3, 0.4) is 0 Å². The first-order valence-electron chi connectivity index (χ1n) is 13.4. The lowest BCUT2D eigenvalue weighted by Crippen LogP contribution is -2.55. The molecular weight excluding hydrogens is 512 g/mol. The molecule has 3 atom stereocenters. The van der Waals surface area contributed by atoms with Gasteiger partial charge in [-0.25, -0.2) is 13.1 Å². The average Bonchev–Trinajstić information content (AvgIpc) is 2.89. The first-order valence-corrected chi connectivity index (χ1v) is 14.9. The number of nitrogens with one attached hydrogen (secondary N) is 2. The van der Waals surface area contributed by atoms with Crippen molar-refractivity contribution in [1.82, 2.24) is 9.62 Å². The van der Waals surface area contributed by atoms with Gasteiger partial charge in [0.2, 0.25) is 15.9 Å². The van der Waals surface area contributed by atoms with Crippen molar-refractivity contribution in [3.63, 3.8) is 0 Å². The number of hydrogen-bond donors (Lipinski definition) is 3. The van der Waals surface area contributed by atoms with Crippen LogP contribution in [0.25, 0.3) is 10.8 Å². The highest BCUT2D eigenvalue weighted by Gasteiger charge is 2.35. The van der Waals surface area contributed by atoms with Crippen LogP contribution in [0.5, 0.6) is 0 Å². The van der Waals surface area contributed by atoms with Gasteiger partial charge in [0.1, 0.15) is 0 Å². The lowest BCUT2D eigenvalue weighted by Gasteiger charge is -2.40. The van der Waals surface area contributed by atoms with Gasteiger partial charge in [-0.05, 0) is 62.3 Å². The first kappa shape index (κ1) is 28.7. The standard InChI is InChI=1S/C30H38N4O4S/c1-19(2)17-22-18-34(30(36)21(4)31)16-15-26(22)33-39(37,38)28-14-13-27(24-11-7-8-12-25(24)28)32-29(35)23-10-6-5-9-20(23)3/h5-14,19,21-22,26,33H,15-18,31H2,1-4H3,(H,32,35)/t21-,22-,26-/m0/s1. The smallest absolute Gasteiger partial charge is 0.255 e. The Morgan fingerprint density at radius 2 is 1.67 bits per heavy atom. The zero-order chi connectivity index (χ0) is 28.3. The summed E-state index contributed by atoms with van der Waals surface area (Å²) < 4.78 is 30.5. The molecule has 208 valence electrons.